The molecule has 0 N–H and O–H groups in total. The second-order valence-corrected chi connectivity index (χ2v) is 4.68. The molecule has 0 aromatic carbocycles. The Morgan fingerprint density at radius 1 is 1.43 bits per heavy atom. The fourth-order valence-corrected chi connectivity index (χ4v) is 2.28. The van der Waals surface area contributed by atoms with E-state index in [1.807, 2.05) is 0 Å². The molecule has 2 aromatic heterocycles. The molecule has 1 aliphatic carbocycles. The molecule has 1 fully saturated rings. The van der Waals surface area contributed by atoms with Gasteiger partial charge in [-0.2, -0.15) is 5.10 Å². The van der Waals surface area contributed by atoms with E-state index in [0.29, 0.717) is 0 Å². The van der Waals surface area contributed by atoms with Crippen LogP contribution in [-0.4, -0.2) is 14.6 Å². The number of hydrogen-bond acceptors (Lipinski definition) is 2. The average molecular weight is 252 g/mol. The van der Waals surface area contributed by atoms with E-state index in [9.17, 15) is 0 Å². The molecule has 2 aromatic rings. The van der Waals surface area contributed by atoms with Gasteiger partial charge in [-0.3, -0.25) is 0 Å². The fraction of sp³-hybridized carbons (Fsp3) is 0.400. The van der Waals surface area contributed by atoms with Crippen molar-refractivity contribution in [3.8, 4) is 0 Å². The maximum absolute atomic E-state index is 4.19. The monoisotopic (exact) mass is 251 g/mol. The quantitative estimate of drug-likeness (QED) is 0.768. The zero-order valence-electron chi connectivity index (χ0n) is 7.65. The van der Waals surface area contributed by atoms with E-state index < -0.39 is 0 Å². The lowest BCUT2D eigenvalue weighted by Gasteiger charge is -2.02. The van der Waals surface area contributed by atoms with Crippen LogP contribution in [0.5, 0.6) is 0 Å². The van der Waals surface area contributed by atoms with Crippen molar-refractivity contribution in [2.24, 2.45) is 5.92 Å². The number of hydrogen-bond donors (Lipinski definition) is 0. The summed E-state index contributed by atoms with van der Waals surface area (Å²) in [5, 5.41) is 4.11. The Bertz CT molecular complexity index is 473. The van der Waals surface area contributed by atoms with Crippen molar-refractivity contribution in [2.45, 2.75) is 19.3 Å². The highest BCUT2D eigenvalue weighted by Gasteiger charge is 2.21. The van der Waals surface area contributed by atoms with Gasteiger partial charge in [0.1, 0.15) is 10.9 Å². The summed E-state index contributed by atoms with van der Waals surface area (Å²) in [6.45, 7) is 0. The Hall–Kier alpha value is -0.900. The minimum Gasteiger partial charge on any atom is -0.215 e. The summed E-state index contributed by atoms with van der Waals surface area (Å²) in [5.74, 6) is 0.910. The first kappa shape index (κ1) is 8.41. The van der Waals surface area contributed by atoms with Gasteiger partial charge >= 0.3 is 0 Å². The molecule has 4 heteroatoms. The maximum Gasteiger partial charge on any atom is 0.156 e. The highest BCUT2D eigenvalue weighted by Crippen LogP contribution is 2.33. The molecule has 0 atom stereocenters. The first-order chi connectivity index (χ1) is 6.83. The van der Waals surface area contributed by atoms with Crippen LogP contribution in [0, 0.1) is 5.92 Å². The number of pyridine rings is 1. The topological polar surface area (TPSA) is 30.2 Å². The highest BCUT2D eigenvalue weighted by molar-refractivity contribution is 9.10. The van der Waals surface area contributed by atoms with Crippen LogP contribution in [0.15, 0.2) is 23.1 Å². The summed E-state index contributed by atoms with van der Waals surface area (Å²) in [4.78, 5) is 4.19. The van der Waals surface area contributed by atoms with E-state index >= 15 is 0 Å². The summed E-state index contributed by atoms with van der Waals surface area (Å²) in [5.41, 5.74) is 2.29. The van der Waals surface area contributed by atoms with Crippen molar-refractivity contribution in [2.75, 3.05) is 0 Å². The van der Waals surface area contributed by atoms with E-state index in [2.05, 4.69) is 38.1 Å². The lowest BCUT2D eigenvalue weighted by atomic mass is 10.1. The normalized spacial score (nSPS) is 16.4. The summed E-state index contributed by atoms with van der Waals surface area (Å²) in [6.07, 6.45) is 5.54. The second kappa shape index (κ2) is 3.05. The average Bonchev–Trinajstić information content (AvgIpc) is 2.82. The lowest BCUT2D eigenvalue weighted by Crippen LogP contribution is -1.94. The Balaban J connectivity index is 2.06. The van der Waals surface area contributed by atoms with Gasteiger partial charge in [0.25, 0.3) is 0 Å². The standard InChI is InChI=1S/C10H10BrN3/c11-9-4-8(3-7-1-2-7)5-10-12-6-13-14(9)10/h4-7H,1-3H2. The maximum atomic E-state index is 4.19. The summed E-state index contributed by atoms with van der Waals surface area (Å²) >= 11 is 3.50. The van der Waals surface area contributed by atoms with E-state index in [-0.39, 0.29) is 0 Å². The van der Waals surface area contributed by atoms with Gasteiger partial charge in [0.05, 0.1) is 0 Å². The number of fused-ring (bicyclic) bond motifs is 1. The van der Waals surface area contributed by atoms with Crippen molar-refractivity contribution in [1.82, 2.24) is 14.6 Å². The molecular formula is C10H10BrN3. The van der Waals surface area contributed by atoms with Gasteiger partial charge in [-0.1, -0.05) is 0 Å². The molecular weight excluding hydrogens is 242 g/mol. The zero-order chi connectivity index (χ0) is 9.54. The Morgan fingerprint density at radius 3 is 3.07 bits per heavy atom. The predicted octanol–water partition coefficient (Wildman–Crippen LogP) is 2.44. The summed E-state index contributed by atoms with van der Waals surface area (Å²) in [6, 6.07) is 4.26. The smallest absolute Gasteiger partial charge is 0.156 e. The predicted molar refractivity (Wildman–Crippen MR) is 57.1 cm³/mol. The van der Waals surface area contributed by atoms with Gasteiger partial charge in [-0.25, -0.2) is 9.50 Å². The van der Waals surface area contributed by atoms with Gasteiger partial charge in [-0.15, -0.1) is 0 Å². The van der Waals surface area contributed by atoms with Crippen LogP contribution in [0.4, 0.5) is 0 Å². The van der Waals surface area contributed by atoms with Crippen molar-refractivity contribution in [3.05, 3.63) is 28.6 Å². The number of nitrogens with zero attached hydrogens (tertiary/aromatic N) is 3. The van der Waals surface area contributed by atoms with E-state index in [1.165, 1.54) is 24.8 Å². The van der Waals surface area contributed by atoms with Gasteiger partial charge in [0.2, 0.25) is 0 Å². The highest BCUT2D eigenvalue weighted by atomic mass is 79.9. The summed E-state index contributed by atoms with van der Waals surface area (Å²) in [7, 11) is 0. The molecule has 1 aliphatic rings. The Morgan fingerprint density at radius 2 is 2.29 bits per heavy atom. The molecule has 1 saturated carbocycles. The second-order valence-electron chi connectivity index (χ2n) is 3.86. The molecule has 0 spiro atoms. The third-order valence-electron chi connectivity index (χ3n) is 2.62. The molecule has 0 saturated heterocycles. The van der Waals surface area contributed by atoms with Crippen LogP contribution in [0.25, 0.3) is 5.65 Å². The van der Waals surface area contributed by atoms with Crippen LogP contribution >= 0.6 is 15.9 Å². The van der Waals surface area contributed by atoms with Crippen LogP contribution in [-0.2, 0) is 6.42 Å². The molecule has 0 unspecified atom stereocenters. The number of aromatic nitrogens is 3. The third-order valence-corrected chi connectivity index (χ3v) is 3.18. The van der Waals surface area contributed by atoms with Crippen molar-refractivity contribution < 1.29 is 0 Å². The largest absolute Gasteiger partial charge is 0.215 e. The third kappa shape index (κ3) is 1.43. The molecule has 3 nitrogen and oxygen atoms in total. The van der Waals surface area contributed by atoms with Crippen LogP contribution in [0.1, 0.15) is 18.4 Å². The van der Waals surface area contributed by atoms with Gasteiger partial charge in [0, 0.05) is 0 Å². The SMILES string of the molecule is Brc1cc(CC2CC2)cc2ncnn12. The fourth-order valence-electron chi connectivity index (χ4n) is 1.71. The Labute approximate surface area is 90.3 Å². The molecule has 14 heavy (non-hydrogen) atoms. The molecule has 0 radical (unpaired) electrons. The lowest BCUT2D eigenvalue weighted by molar-refractivity contribution is 0.823. The van der Waals surface area contributed by atoms with Crippen molar-refractivity contribution in [1.29, 1.82) is 0 Å². The van der Waals surface area contributed by atoms with E-state index in [1.54, 1.807) is 10.8 Å². The van der Waals surface area contributed by atoms with Gasteiger partial charge < -0.3 is 0 Å². The van der Waals surface area contributed by atoms with Crippen LogP contribution in [0.3, 0.4) is 0 Å². The van der Waals surface area contributed by atoms with Gasteiger partial charge in [-0.05, 0) is 58.8 Å². The molecule has 0 aliphatic heterocycles. The van der Waals surface area contributed by atoms with Gasteiger partial charge in [0.15, 0.2) is 5.65 Å². The number of halogens is 1. The van der Waals surface area contributed by atoms with Crippen LogP contribution < -0.4 is 0 Å². The van der Waals surface area contributed by atoms with Crippen molar-refractivity contribution in [3.63, 3.8) is 0 Å². The molecule has 72 valence electrons. The molecule has 0 amide bonds. The van der Waals surface area contributed by atoms with E-state index in [0.717, 1.165) is 16.2 Å². The molecule has 3 rings (SSSR count). The number of rotatable bonds is 2. The van der Waals surface area contributed by atoms with E-state index in [4.69, 9.17) is 0 Å². The zero-order valence-corrected chi connectivity index (χ0v) is 9.24. The minimum atomic E-state index is 0.910. The summed E-state index contributed by atoms with van der Waals surface area (Å²) < 4.78 is 2.79. The first-order valence-corrected chi connectivity index (χ1v) is 5.60. The minimum absolute atomic E-state index is 0.910. The molecule has 2 heterocycles. The van der Waals surface area contributed by atoms with Crippen molar-refractivity contribution >= 4 is 21.6 Å². The molecule has 0 bridgehead atoms. The first-order valence-electron chi connectivity index (χ1n) is 4.81. The Kier molecular flexibility index (Phi) is 1.83. The van der Waals surface area contributed by atoms with Crippen LogP contribution in [0.2, 0.25) is 0 Å².